The van der Waals surface area contributed by atoms with Crippen LogP contribution in [0.4, 0.5) is 16.0 Å². The molecule has 1 saturated heterocycles. The van der Waals surface area contributed by atoms with E-state index in [2.05, 4.69) is 15.3 Å². The summed E-state index contributed by atoms with van der Waals surface area (Å²) in [6.45, 7) is 1.70. The van der Waals surface area contributed by atoms with Crippen molar-refractivity contribution in [2.75, 3.05) is 22.7 Å². The van der Waals surface area contributed by atoms with Crippen LogP contribution in [-0.4, -0.2) is 42.5 Å². The number of anilines is 2. The van der Waals surface area contributed by atoms with Gasteiger partial charge in [0, 0.05) is 18.1 Å². The molecule has 122 valence electrons. The van der Waals surface area contributed by atoms with E-state index in [0.29, 0.717) is 10.8 Å². The first kappa shape index (κ1) is 15.2. The summed E-state index contributed by atoms with van der Waals surface area (Å²) in [6, 6.07) is 1.14. The molecule has 0 spiro atoms. The Morgan fingerprint density at radius 3 is 2.87 bits per heavy atom. The van der Waals surface area contributed by atoms with Crippen molar-refractivity contribution >= 4 is 38.7 Å². The lowest BCUT2D eigenvalue weighted by Crippen LogP contribution is -2.30. The molecule has 1 aliphatic heterocycles. The Morgan fingerprint density at radius 2 is 2.26 bits per heavy atom. The Bertz CT molecular complexity index is 917. The number of benzene rings is 1. The van der Waals surface area contributed by atoms with Crippen molar-refractivity contribution < 1.29 is 22.7 Å². The summed E-state index contributed by atoms with van der Waals surface area (Å²) in [5.41, 5.74) is -0.796. The van der Waals surface area contributed by atoms with Gasteiger partial charge in [-0.05, 0) is 13.0 Å². The van der Waals surface area contributed by atoms with Crippen LogP contribution in [-0.2, 0) is 15.0 Å². The summed E-state index contributed by atoms with van der Waals surface area (Å²) in [5, 5.41) is 13.0. The van der Waals surface area contributed by atoms with E-state index in [1.165, 1.54) is 6.20 Å². The highest BCUT2D eigenvalue weighted by Crippen LogP contribution is 2.37. The predicted octanol–water partition coefficient (Wildman–Crippen LogP) is 0.0873. The summed E-state index contributed by atoms with van der Waals surface area (Å²) in [5.74, 6) is -2.34. The molecule has 0 radical (unpaired) electrons. The SMILES string of the molecule is CCNc1ncc2cc(O)c(N3CC(=O)NS3(=O)=O)c(F)c2n1. The van der Waals surface area contributed by atoms with Crippen LogP contribution in [0.15, 0.2) is 12.3 Å². The van der Waals surface area contributed by atoms with Gasteiger partial charge in [-0.15, -0.1) is 0 Å². The molecule has 11 heteroatoms. The van der Waals surface area contributed by atoms with Crippen LogP contribution in [0, 0.1) is 5.82 Å². The molecule has 1 aromatic carbocycles. The summed E-state index contributed by atoms with van der Waals surface area (Å²) in [6.07, 6.45) is 1.30. The quantitative estimate of drug-likeness (QED) is 0.722. The number of nitrogens with zero attached hydrogens (tertiary/aromatic N) is 3. The highest BCUT2D eigenvalue weighted by Gasteiger charge is 2.38. The Morgan fingerprint density at radius 1 is 1.52 bits per heavy atom. The van der Waals surface area contributed by atoms with Crippen LogP contribution in [0.3, 0.4) is 0 Å². The lowest BCUT2D eigenvalue weighted by molar-refractivity contribution is -0.117. The third-order valence-corrected chi connectivity index (χ3v) is 4.55. The fourth-order valence-corrected chi connectivity index (χ4v) is 3.40. The van der Waals surface area contributed by atoms with E-state index in [1.54, 1.807) is 11.6 Å². The fourth-order valence-electron chi connectivity index (χ4n) is 2.24. The standard InChI is InChI=1S/C12H12FN5O4S/c1-2-14-12-15-4-6-3-7(19)11(9(13)10(6)16-12)18-5-8(20)17-23(18,21)22/h3-4,19H,2,5H2,1H3,(H,17,20)(H,14,15,16). The molecule has 2 aromatic rings. The largest absolute Gasteiger partial charge is 0.506 e. The number of hydrogen-bond acceptors (Lipinski definition) is 7. The lowest BCUT2D eigenvalue weighted by atomic mass is 10.2. The van der Waals surface area contributed by atoms with Crippen molar-refractivity contribution in [2.24, 2.45) is 0 Å². The van der Waals surface area contributed by atoms with Gasteiger partial charge in [0.15, 0.2) is 5.82 Å². The van der Waals surface area contributed by atoms with E-state index in [0.717, 1.165) is 6.07 Å². The maximum absolute atomic E-state index is 14.7. The number of phenolic OH excluding ortho intramolecular Hbond substituents is 1. The molecule has 3 N–H and O–H groups in total. The monoisotopic (exact) mass is 341 g/mol. The maximum atomic E-state index is 14.7. The number of hydrogen-bond donors (Lipinski definition) is 3. The predicted molar refractivity (Wildman–Crippen MR) is 79.7 cm³/mol. The number of carbonyl (C=O) groups is 1. The molecule has 0 unspecified atom stereocenters. The van der Waals surface area contributed by atoms with Gasteiger partial charge in [-0.1, -0.05) is 0 Å². The maximum Gasteiger partial charge on any atom is 0.326 e. The van der Waals surface area contributed by atoms with Crippen LogP contribution in [0.1, 0.15) is 6.92 Å². The van der Waals surface area contributed by atoms with E-state index in [9.17, 15) is 22.7 Å². The molecule has 3 rings (SSSR count). The van der Waals surface area contributed by atoms with Crippen LogP contribution in [0.2, 0.25) is 0 Å². The Kier molecular flexibility index (Phi) is 3.43. The first-order chi connectivity index (χ1) is 10.8. The van der Waals surface area contributed by atoms with Gasteiger partial charge in [0.05, 0.1) is 0 Å². The molecule has 1 aliphatic rings. The zero-order valence-corrected chi connectivity index (χ0v) is 12.7. The summed E-state index contributed by atoms with van der Waals surface area (Å²) in [4.78, 5) is 19.2. The zero-order valence-electron chi connectivity index (χ0n) is 11.9. The van der Waals surface area contributed by atoms with Crippen molar-refractivity contribution in [1.82, 2.24) is 14.7 Å². The normalized spacial score (nSPS) is 16.6. The number of halogens is 1. The third kappa shape index (κ3) is 2.48. The van der Waals surface area contributed by atoms with Gasteiger partial charge < -0.3 is 10.4 Å². The number of nitrogens with one attached hydrogen (secondary N) is 2. The van der Waals surface area contributed by atoms with Crippen molar-refractivity contribution in [1.29, 1.82) is 0 Å². The van der Waals surface area contributed by atoms with Gasteiger partial charge in [0.25, 0.3) is 5.91 Å². The average Bonchev–Trinajstić information content (AvgIpc) is 2.73. The molecule has 23 heavy (non-hydrogen) atoms. The van der Waals surface area contributed by atoms with Gasteiger partial charge in [-0.3, -0.25) is 4.79 Å². The van der Waals surface area contributed by atoms with Crippen molar-refractivity contribution in [3.05, 3.63) is 18.1 Å². The second kappa shape index (κ2) is 5.19. The van der Waals surface area contributed by atoms with Crippen LogP contribution in [0.5, 0.6) is 5.75 Å². The molecule has 9 nitrogen and oxygen atoms in total. The molecule has 2 heterocycles. The molecule has 0 saturated carbocycles. The average molecular weight is 341 g/mol. The summed E-state index contributed by atoms with van der Waals surface area (Å²) < 4.78 is 40.6. The molecular formula is C12H12FN5O4S. The second-order valence-corrected chi connectivity index (χ2v) is 6.35. The third-order valence-electron chi connectivity index (χ3n) is 3.17. The first-order valence-corrected chi connectivity index (χ1v) is 8.03. The Labute approximate surface area is 130 Å². The molecule has 0 bridgehead atoms. The minimum atomic E-state index is -4.25. The van der Waals surface area contributed by atoms with Crippen molar-refractivity contribution in [3.63, 3.8) is 0 Å². The van der Waals surface area contributed by atoms with E-state index in [-0.39, 0.29) is 16.9 Å². The van der Waals surface area contributed by atoms with E-state index >= 15 is 0 Å². The minimum absolute atomic E-state index is 0.161. The number of phenols is 1. The summed E-state index contributed by atoms with van der Waals surface area (Å²) >= 11 is 0. The molecule has 1 aromatic heterocycles. The van der Waals surface area contributed by atoms with E-state index < -0.39 is 39.9 Å². The topological polar surface area (TPSA) is 125 Å². The number of aromatic nitrogens is 2. The van der Waals surface area contributed by atoms with Gasteiger partial charge in [-0.2, -0.15) is 8.42 Å². The fraction of sp³-hybridized carbons (Fsp3) is 0.250. The van der Waals surface area contributed by atoms with E-state index in [4.69, 9.17) is 0 Å². The number of carbonyl (C=O) groups excluding carboxylic acids is 1. The summed E-state index contributed by atoms with van der Waals surface area (Å²) in [7, 11) is -4.25. The van der Waals surface area contributed by atoms with Gasteiger partial charge in [0.1, 0.15) is 23.5 Å². The van der Waals surface area contributed by atoms with Crippen molar-refractivity contribution in [3.8, 4) is 5.75 Å². The molecule has 1 amide bonds. The molecule has 0 atom stereocenters. The molecule has 0 aliphatic carbocycles. The molecular weight excluding hydrogens is 329 g/mol. The first-order valence-electron chi connectivity index (χ1n) is 6.59. The highest BCUT2D eigenvalue weighted by molar-refractivity contribution is 7.92. The van der Waals surface area contributed by atoms with Crippen molar-refractivity contribution in [2.45, 2.75) is 6.92 Å². The van der Waals surface area contributed by atoms with Gasteiger partial charge >= 0.3 is 10.2 Å². The zero-order chi connectivity index (χ0) is 16.8. The minimum Gasteiger partial charge on any atom is -0.506 e. The smallest absolute Gasteiger partial charge is 0.326 e. The number of rotatable bonds is 3. The second-order valence-electron chi connectivity index (χ2n) is 4.76. The Hall–Kier alpha value is -2.69. The van der Waals surface area contributed by atoms with E-state index in [1.807, 2.05) is 0 Å². The highest BCUT2D eigenvalue weighted by atomic mass is 32.2. The molecule has 1 fully saturated rings. The van der Waals surface area contributed by atoms with Gasteiger partial charge in [0.2, 0.25) is 5.95 Å². The van der Waals surface area contributed by atoms with Crippen LogP contribution >= 0.6 is 0 Å². The van der Waals surface area contributed by atoms with Crippen LogP contribution < -0.4 is 14.3 Å². The number of fused-ring (bicyclic) bond motifs is 1. The Balaban J connectivity index is 2.23. The lowest BCUT2D eigenvalue weighted by Gasteiger charge is -2.17. The van der Waals surface area contributed by atoms with Gasteiger partial charge in [-0.25, -0.2) is 23.4 Å². The number of amides is 1. The van der Waals surface area contributed by atoms with Crippen LogP contribution in [0.25, 0.3) is 10.9 Å². The number of aromatic hydroxyl groups is 1.